The third-order valence-corrected chi connectivity index (χ3v) is 2.40. The number of hydrogen-bond donors (Lipinski definition) is 2. The standard InChI is InChI=1S/C13H15N3O/c1-14-13-9-10(7-8-15-13)16-11-5-3-4-6-12(11)17-2/h3-9H,1-2H3,(H2,14,15,16). The fraction of sp³-hybridized carbons (Fsp3) is 0.154. The van der Waals surface area contributed by atoms with Gasteiger partial charge in [-0.05, 0) is 18.2 Å². The molecule has 0 saturated carbocycles. The average molecular weight is 229 g/mol. The number of pyridine rings is 1. The van der Waals surface area contributed by atoms with Gasteiger partial charge < -0.3 is 15.4 Å². The molecule has 2 rings (SSSR count). The molecule has 88 valence electrons. The van der Waals surface area contributed by atoms with Crippen LogP contribution in [0.1, 0.15) is 0 Å². The SMILES string of the molecule is CNc1cc(Nc2ccccc2OC)ccn1. The van der Waals surface area contributed by atoms with Gasteiger partial charge in [-0.15, -0.1) is 0 Å². The molecule has 1 heterocycles. The molecule has 0 radical (unpaired) electrons. The van der Waals surface area contributed by atoms with Crippen molar-refractivity contribution in [1.82, 2.24) is 4.98 Å². The van der Waals surface area contributed by atoms with Crippen LogP contribution < -0.4 is 15.4 Å². The largest absolute Gasteiger partial charge is 0.495 e. The minimum atomic E-state index is 0.815. The van der Waals surface area contributed by atoms with Crippen LogP contribution in [0.15, 0.2) is 42.6 Å². The lowest BCUT2D eigenvalue weighted by molar-refractivity contribution is 0.417. The van der Waals surface area contributed by atoms with E-state index in [1.54, 1.807) is 13.3 Å². The Morgan fingerprint density at radius 1 is 1.18 bits per heavy atom. The summed E-state index contributed by atoms with van der Waals surface area (Å²) in [6.07, 6.45) is 1.75. The lowest BCUT2D eigenvalue weighted by Crippen LogP contribution is -1.96. The molecule has 2 N–H and O–H groups in total. The Morgan fingerprint density at radius 2 is 2.00 bits per heavy atom. The van der Waals surface area contributed by atoms with Crippen LogP contribution in [0.2, 0.25) is 0 Å². The zero-order chi connectivity index (χ0) is 12.1. The van der Waals surface area contributed by atoms with E-state index in [2.05, 4.69) is 15.6 Å². The molecule has 17 heavy (non-hydrogen) atoms. The molecule has 0 fully saturated rings. The van der Waals surface area contributed by atoms with E-state index < -0.39 is 0 Å². The lowest BCUT2D eigenvalue weighted by atomic mass is 10.2. The molecule has 0 aliphatic heterocycles. The highest BCUT2D eigenvalue weighted by atomic mass is 16.5. The van der Waals surface area contributed by atoms with Crippen molar-refractivity contribution >= 4 is 17.2 Å². The maximum Gasteiger partial charge on any atom is 0.142 e. The summed E-state index contributed by atoms with van der Waals surface area (Å²) >= 11 is 0. The third kappa shape index (κ3) is 2.66. The second kappa shape index (κ2) is 5.21. The minimum absolute atomic E-state index is 0.815. The van der Waals surface area contributed by atoms with Gasteiger partial charge in [-0.3, -0.25) is 0 Å². The molecule has 4 nitrogen and oxygen atoms in total. The second-order valence-electron chi connectivity index (χ2n) is 3.51. The van der Waals surface area contributed by atoms with Crippen molar-refractivity contribution in [2.45, 2.75) is 0 Å². The second-order valence-corrected chi connectivity index (χ2v) is 3.51. The van der Waals surface area contributed by atoms with E-state index in [1.165, 1.54) is 0 Å². The van der Waals surface area contributed by atoms with Crippen molar-refractivity contribution in [3.63, 3.8) is 0 Å². The summed E-state index contributed by atoms with van der Waals surface area (Å²) < 4.78 is 5.28. The smallest absolute Gasteiger partial charge is 0.142 e. The van der Waals surface area contributed by atoms with Crippen LogP contribution in [-0.2, 0) is 0 Å². The predicted molar refractivity (Wildman–Crippen MR) is 70.1 cm³/mol. The molecule has 0 spiro atoms. The minimum Gasteiger partial charge on any atom is -0.495 e. The topological polar surface area (TPSA) is 46.2 Å². The van der Waals surface area contributed by atoms with Crippen LogP contribution in [-0.4, -0.2) is 19.1 Å². The van der Waals surface area contributed by atoms with Gasteiger partial charge in [0, 0.05) is 25.0 Å². The summed E-state index contributed by atoms with van der Waals surface area (Å²) in [5.41, 5.74) is 1.90. The first-order chi connectivity index (χ1) is 8.33. The van der Waals surface area contributed by atoms with Crippen LogP contribution in [0.4, 0.5) is 17.2 Å². The molecule has 0 aliphatic carbocycles. The Balaban J connectivity index is 2.24. The van der Waals surface area contributed by atoms with Gasteiger partial charge in [-0.1, -0.05) is 12.1 Å². The fourth-order valence-corrected chi connectivity index (χ4v) is 1.55. The zero-order valence-electron chi connectivity index (χ0n) is 9.90. The molecule has 4 heteroatoms. The molecule has 0 atom stereocenters. The first-order valence-corrected chi connectivity index (χ1v) is 5.37. The number of aromatic nitrogens is 1. The molecular weight excluding hydrogens is 214 g/mol. The molecule has 0 bridgehead atoms. The van der Waals surface area contributed by atoms with E-state index >= 15 is 0 Å². The Labute approximate surface area is 101 Å². The molecule has 0 saturated heterocycles. The van der Waals surface area contributed by atoms with Crippen molar-refractivity contribution in [2.24, 2.45) is 0 Å². The molecule has 0 aliphatic rings. The van der Waals surface area contributed by atoms with E-state index in [4.69, 9.17) is 4.74 Å². The van der Waals surface area contributed by atoms with E-state index in [0.29, 0.717) is 0 Å². The molecule has 0 amide bonds. The van der Waals surface area contributed by atoms with Gasteiger partial charge in [0.2, 0.25) is 0 Å². The van der Waals surface area contributed by atoms with E-state index in [9.17, 15) is 0 Å². The Morgan fingerprint density at radius 3 is 2.76 bits per heavy atom. The van der Waals surface area contributed by atoms with Crippen molar-refractivity contribution < 1.29 is 4.74 Å². The highest BCUT2D eigenvalue weighted by Gasteiger charge is 2.02. The van der Waals surface area contributed by atoms with Crippen molar-refractivity contribution in [2.75, 3.05) is 24.8 Å². The zero-order valence-corrected chi connectivity index (χ0v) is 9.90. The number of nitrogens with zero attached hydrogens (tertiary/aromatic N) is 1. The summed E-state index contributed by atoms with van der Waals surface area (Å²) in [4.78, 5) is 4.16. The van der Waals surface area contributed by atoms with Gasteiger partial charge in [-0.2, -0.15) is 0 Å². The molecule has 1 aromatic heterocycles. The first-order valence-electron chi connectivity index (χ1n) is 5.37. The fourth-order valence-electron chi connectivity index (χ4n) is 1.55. The van der Waals surface area contributed by atoms with Crippen LogP contribution >= 0.6 is 0 Å². The van der Waals surface area contributed by atoms with E-state index in [-0.39, 0.29) is 0 Å². The van der Waals surface area contributed by atoms with Crippen LogP contribution in [0.3, 0.4) is 0 Å². The first kappa shape index (κ1) is 11.3. The summed E-state index contributed by atoms with van der Waals surface area (Å²) in [5, 5.41) is 6.29. The molecule has 1 aromatic carbocycles. The van der Waals surface area contributed by atoms with Crippen LogP contribution in [0.25, 0.3) is 0 Å². The van der Waals surface area contributed by atoms with Gasteiger partial charge >= 0.3 is 0 Å². The van der Waals surface area contributed by atoms with Crippen LogP contribution in [0.5, 0.6) is 5.75 Å². The summed E-state index contributed by atoms with van der Waals surface area (Å²) in [7, 11) is 3.50. The van der Waals surface area contributed by atoms with Crippen molar-refractivity contribution in [1.29, 1.82) is 0 Å². The number of para-hydroxylation sites is 2. The normalized spacial score (nSPS) is 9.76. The highest BCUT2D eigenvalue weighted by molar-refractivity contribution is 5.67. The monoisotopic (exact) mass is 229 g/mol. The van der Waals surface area contributed by atoms with Gasteiger partial charge in [0.25, 0.3) is 0 Å². The quantitative estimate of drug-likeness (QED) is 0.846. The van der Waals surface area contributed by atoms with Gasteiger partial charge in [0.1, 0.15) is 11.6 Å². The lowest BCUT2D eigenvalue weighted by Gasteiger charge is -2.11. The maximum absolute atomic E-state index is 5.28. The molecule has 2 aromatic rings. The number of methoxy groups -OCH3 is 1. The number of nitrogens with one attached hydrogen (secondary N) is 2. The number of hydrogen-bond acceptors (Lipinski definition) is 4. The average Bonchev–Trinajstić information content (AvgIpc) is 2.39. The highest BCUT2D eigenvalue weighted by Crippen LogP contribution is 2.27. The molecule has 0 unspecified atom stereocenters. The summed E-state index contributed by atoms with van der Waals surface area (Å²) in [6.45, 7) is 0. The number of benzene rings is 1. The number of rotatable bonds is 4. The van der Waals surface area contributed by atoms with Crippen LogP contribution in [0, 0.1) is 0 Å². The van der Waals surface area contributed by atoms with Gasteiger partial charge in [-0.25, -0.2) is 4.98 Å². The molecular formula is C13H15N3O. The van der Waals surface area contributed by atoms with Gasteiger partial charge in [0.05, 0.1) is 12.8 Å². The van der Waals surface area contributed by atoms with Crippen molar-refractivity contribution in [3.05, 3.63) is 42.6 Å². The number of anilines is 3. The van der Waals surface area contributed by atoms with E-state index in [1.807, 2.05) is 43.4 Å². The number of ether oxygens (including phenoxy) is 1. The maximum atomic E-state index is 5.28. The van der Waals surface area contributed by atoms with E-state index in [0.717, 1.165) is 22.9 Å². The summed E-state index contributed by atoms with van der Waals surface area (Å²) in [6, 6.07) is 11.6. The van der Waals surface area contributed by atoms with Gasteiger partial charge in [0.15, 0.2) is 0 Å². The predicted octanol–water partition coefficient (Wildman–Crippen LogP) is 2.88. The summed E-state index contributed by atoms with van der Waals surface area (Å²) in [5.74, 6) is 1.64. The Kier molecular flexibility index (Phi) is 3.45. The Bertz CT molecular complexity index is 500. The van der Waals surface area contributed by atoms with Crippen molar-refractivity contribution in [3.8, 4) is 5.75 Å². The Hall–Kier alpha value is -2.23. The third-order valence-electron chi connectivity index (χ3n) is 2.40.